The number of nitrogen functional groups attached to an aromatic ring is 1. The van der Waals surface area contributed by atoms with E-state index in [4.69, 9.17) is 15.2 Å². The van der Waals surface area contributed by atoms with Crippen LogP contribution in [0.4, 0.5) is 5.69 Å². The van der Waals surface area contributed by atoms with Crippen LogP contribution in [0.5, 0.6) is 17.2 Å². The van der Waals surface area contributed by atoms with E-state index in [9.17, 15) is 4.79 Å². The maximum Gasteiger partial charge on any atom is 0.170 e. The lowest BCUT2D eigenvalue weighted by atomic mass is 10.2. The quantitative estimate of drug-likeness (QED) is 0.854. The van der Waals surface area contributed by atoms with E-state index in [0.29, 0.717) is 28.5 Å². The van der Waals surface area contributed by atoms with Crippen LogP contribution in [0.2, 0.25) is 0 Å². The van der Waals surface area contributed by atoms with Crippen LogP contribution in [0, 0.1) is 0 Å². The molecule has 114 valence electrons. The summed E-state index contributed by atoms with van der Waals surface area (Å²) < 4.78 is 11.8. The number of carbonyl (C=O) groups is 1. The number of ether oxygens (including phenoxy) is 2. The molecule has 0 aliphatic heterocycles. The average molecular weight is 298 g/mol. The highest BCUT2D eigenvalue weighted by molar-refractivity contribution is 5.76. The zero-order valence-electron chi connectivity index (χ0n) is 12.2. The van der Waals surface area contributed by atoms with E-state index in [2.05, 4.69) is 4.98 Å². The molecule has 0 unspecified atom stereocenters. The second-order valence-electron chi connectivity index (χ2n) is 5.36. The molecule has 1 aromatic heterocycles. The van der Waals surface area contributed by atoms with Crippen LogP contribution < -0.4 is 15.2 Å². The lowest BCUT2D eigenvalue weighted by Gasteiger charge is -2.17. The number of nitrogens with two attached hydrogens (primary N) is 1. The number of hydrogen-bond acceptors (Lipinski definition) is 5. The van der Waals surface area contributed by atoms with Gasteiger partial charge in [-0.2, -0.15) is 0 Å². The molecule has 22 heavy (non-hydrogen) atoms. The fourth-order valence-corrected chi connectivity index (χ4v) is 2.56. The van der Waals surface area contributed by atoms with Crippen molar-refractivity contribution in [1.29, 1.82) is 0 Å². The Morgan fingerprint density at radius 3 is 2.68 bits per heavy atom. The molecular formula is C17H18N2O3. The van der Waals surface area contributed by atoms with Crippen LogP contribution in [0.1, 0.15) is 36.0 Å². The van der Waals surface area contributed by atoms with Crippen molar-refractivity contribution in [2.75, 3.05) is 5.73 Å². The summed E-state index contributed by atoms with van der Waals surface area (Å²) in [6.07, 6.45) is 8.58. The molecular weight excluding hydrogens is 280 g/mol. The Labute approximate surface area is 129 Å². The maximum atomic E-state index is 11.0. The minimum atomic E-state index is 0.204. The van der Waals surface area contributed by atoms with Crippen molar-refractivity contribution < 1.29 is 14.3 Å². The Hall–Kier alpha value is -2.56. The summed E-state index contributed by atoms with van der Waals surface area (Å²) in [5.74, 6) is 1.55. The first kappa shape index (κ1) is 14.4. The Morgan fingerprint density at radius 2 is 1.95 bits per heavy atom. The highest BCUT2D eigenvalue weighted by Gasteiger charge is 2.19. The lowest BCUT2D eigenvalue weighted by molar-refractivity contribution is 0.112. The number of anilines is 1. The zero-order chi connectivity index (χ0) is 15.4. The van der Waals surface area contributed by atoms with Crippen molar-refractivity contribution in [3.63, 3.8) is 0 Å². The fourth-order valence-electron chi connectivity index (χ4n) is 2.56. The van der Waals surface area contributed by atoms with Gasteiger partial charge < -0.3 is 15.2 Å². The second kappa shape index (κ2) is 6.47. The van der Waals surface area contributed by atoms with E-state index < -0.39 is 0 Å². The summed E-state index contributed by atoms with van der Waals surface area (Å²) >= 11 is 0. The summed E-state index contributed by atoms with van der Waals surface area (Å²) in [7, 11) is 0. The molecule has 1 fully saturated rings. The molecule has 0 spiro atoms. The van der Waals surface area contributed by atoms with E-state index in [1.54, 1.807) is 36.7 Å². The molecule has 0 amide bonds. The summed E-state index contributed by atoms with van der Waals surface area (Å²) in [5.41, 5.74) is 6.89. The predicted molar refractivity (Wildman–Crippen MR) is 83.4 cm³/mol. The Bertz CT molecular complexity index is 667. The molecule has 3 rings (SSSR count). The monoisotopic (exact) mass is 298 g/mol. The first-order chi connectivity index (χ1) is 10.8. The number of benzene rings is 1. The van der Waals surface area contributed by atoms with Gasteiger partial charge in [0.05, 0.1) is 18.0 Å². The minimum Gasteiger partial charge on any atom is -0.487 e. The van der Waals surface area contributed by atoms with Gasteiger partial charge in [-0.3, -0.25) is 9.78 Å². The minimum absolute atomic E-state index is 0.204. The lowest BCUT2D eigenvalue weighted by Crippen LogP contribution is -2.11. The highest BCUT2D eigenvalue weighted by atomic mass is 16.5. The third-order valence-electron chi connectivity index (χ3n) is 3.74. The van der Waals surface area contributed by atoms with Crippen molar-refractivity contribution in [2.45, 2.75) is 31.8 Å². The molecule has 5 heteroatoms. The van der Waals surface area contributed by atoms with Crippen molar-refractivity contribution >= 4 is 12.0 Å². The molecule has 5 nitrogen and oxygen atoms in total. The van der Waals surface area contributed by atoms with Gasteiger partial charge in [0.15, 0.2) is 17.2 Å². The molecule has 2 N–H and O–H groups in total. The number of pyridine rings is 1. The third-order valence-corrected chi connectivity index (χ3v) is 3.74. The number of nitrogens with zero attached hydrogens (tertiary/aromatic N) is 1. The van der Waals surface area contributed by atoms with E-state index in [0.717, 1.165) is 19.1 Å². The van der Waals surface area contributed by atoms with Crippen LogP contribution in [0.25, 0.3) is 0 Å². The van der Waals surface area contributed by atoms with Gasteiger partial charge in [-0.25, -0.2) is 0 Å². The third kappa shape index (κ3) is 3.19. The molecule has 0 bridgehead atoms. The van der Waals surface area contributed by atoms with Gasteiger partial charge in [-0.15, -0.1) is 0 Å². The van der Waals surface area contributed by atoms with Crippen LogP contribution in [-0.2, 0) is 0 Å². The van der Waals surface area contributed by atoms with E-state index >= 15 is 0 Å². The van der Waals surface area contributed by atoms with E-state index in [1.165, 1.54) is 12.8 Å². The van der Waals surface area contributed by atoms with Gasteiger partial charge in [0.1, 0.15) is 6.29 Å². The average Bonchev–Trinajstić information content (AvgIpc) is 3.04. The molecule has 2 aromatic rings. The summed E-state index contributed by atoms with van der Waals surface area (Å²) in [4.78, 5) is 15.0. The van der Waals surface area contributed by atoms with Crippen molar-refractivity contribution in [3.05, 3.63) is 42.2 Å². The Balaban J connectivity index is 1.89. The largest absolute Gasteiger partial charge is 0.487 e. The Morgan fingerprint density at radius 1 is 1.14 bits per heavy atom. The SMILES string of the molecule is Nc1ccncc1Oc1cc(C=O)ccc1OC1CCCC1. The number of aldehydes is 1. The summed E-state index contributed by atoms with van der Waals surface area (Å²) in [6.45, 7) is 0. The van der Waals surface area contributed by atoms with Gasteiger partial charge >= 0.3 is 0 Å². The Kier molecular flexibility index (Phi) is 4.23. The molecule has 1 saturated carbocycles. The normalized spacial score (nSPS) is 14.7. The van der Waals surface area contributed by atoms with Gasteiger partial charge in [0, 0.05) is 11.8 Å². The number of rotatable bonds is 5. The number of carbonyl (C=O) groups excluding carboxylic acids is 1. The van der Waals surface area contributed by atoms with E-state index in [1.807, 2.05) is 0 Å². The highest BCUT2D eigenvalue weighted by Crippen LogP contribution is 2.36. The second-order valence-corrected chi connectivity index (χ2v) is 5.36. The number of aromatic nitrogens is 1. The van der Waals surface area contributed by atoms with Gasteiger partial charge in [-0.05, 0) is 49.9 Å². The van der Waals surface area contributed by atoms with Gasteiger partial charge in [0.2, 0.25) is 0 Å². The number of hydrogen-bond donors (Lipinski definition) is 1. The standard InChI is InChI=1S/C17H18N2O3/c18-14-7-8-19-10-17(14)22-16-9-12(11-20)5-6-15(16)21-13-3-1-2-4-13/h5-11,13H,1-4H2,(H2,18,19). The molecule has 0 saturated heterocycles. The van der Waals surface area contributed by atoms with Crippen molar-refractivity contribution in [2.24, 2.45) is 0 Å². The zero-order valence-corrected chi connectivity index (χ0v) is 12.2. The van der Waals surface area contributed by atoms with E-state index in [-0.39, 0.29) is 6.10 Å². The fraction of sp³-hybridized carbons (Fsp3) is 0.294. The first-order valence-corrected chi connectivity index (χ1v) is 7.39. The smallest absolute Gasteiger partial charge is 0.170 e. The maximum absolute atomic E-state index is 11.0. The van der Waals surface area contributed by atoms with Crippen LogP contribution in [-0.4, -0.2) is 17.4 Å². The van der Waals surface area contributed by atoms with Crippen LogP contribution in [0.3, 0.4) is 0 Å². The summed E-state index contributed by atoms with van der Waals surface area (Å²) in [6, 6.07) is 6.81. The molecule has 0 radical (unpaired) electrons. The van der Waals surface area contributed by atoms with Gasteiger partial charge in [0.25, 0.3) is 0 Å². The summed E-state index contributed by atoms with van der Waals surface area (Å²) in [5, 5.41) is 0. The molecule has 1 aliphatic rings. The van der Waals surface area contributed by atoms with Gasteiger partial charge in [-0.1, -0.05) is 0 Å². The topological polar surface area (TPSA) is 74.4 Å². The van der Waals surface area contributed by atoms with Crippen LogP contribution in [0.15, 0.2) is 36.7 Å². The predicted octanol–water partition coefficient (Wildman–Crippen LogP) is 3.59. The van der Waals surface area contributed by atoms with Crippen molar-refractivity contribution in [3.8, 4) is 17.2 Å². The van der Waals surface area contributed by atoms with Crippen LogP contribution >= 0.6 is 0 Å². The molecule has 0 atom stereocenters. The first-order valence-electron chi connectivity index (χ1n) is 7.39. The molecule has 1 aromatic carbocycles. The van der Waals surface area contributed by atoms with Crippen molar-refractivity contribution in [1.82, 2.24) is 4.98 Å². The molecule has 1 aliphatic carbocycles. The molecule has 1 heterocycles.